The number of benzene rings is 1. The highest BCUT2D eigenvalue weighted by Gasteiger charge is 2.25. The first kappa shape index (κ1) is 18.3. The maximum atomic E-state index is 12.3. The standard InChI is InChI=1S/C19H25N3O4/c1-2-25-16-7-5-15(6-8-16)21-19(23)20-14-17(18-4-3-11-26-18)22-9-12-24-13-10-22/h3-8,11,17H,2,9-10,12-14H2,1H3,(H2,20,21,23). The van der Waals surface area contributed by atoms with Crippen LogP contribution in [-0.2, 0) is 4.74 Å². The van der Waals surface area contributed by atoms with Gasteiger partial charge in [-0.25, -0.2) is 4.79 Å². The number of ether oxygens (including phenoxy) is 2. The van der Waals surface area contributed by atoms with E-state index in [1.165, 1.54) is 0 Å². The average Bonchev–Trinajstić information content (AvgIpc) is 3.19. The number of morpholine rings is 1. The molecule has 1 aliphatic heterocycles. The molecule has 2 aromatic rings. The van der Waals surface area contributed by atoms with Crippen molar-refractivity contribution in [3.63, 3.8) is 0 Å². The number of hydrogen-bond acceptors (Lipinski definition) is 5. The zero-order valence-electron chi connectivity index (χ0n) is 14.9. The third-order valence-electron chi connectivity index (χ3n) is 4.24. The van der Waals surface area contributed by atoms with E-state index in [1.807, 2.05) is 43.3 Å². The van der Waals surface area contributed by atoms with Crippen LogP contribution in [-0.4, -0.2) is 50.4 Å². The van der Waals surface area contributed by atoms with Gasteiger partial charge in [0.25, 0.3) is 0 Å². The van der Waals surface area contributed by atoms with E-state index >= 15 is 0 Å². The minimum absolute atomic E-state index is 0.0139. The summed E-state index contributed by atoms with van der Waals surface area (Å²) in [6.45, 7) is 6.01. The smallest absolute Gasteiger partial charge is 0.319 e. The molecular formula is C19H25N3O4. The molecule has 1 fully saturated rings. The van der Waals surface area contributed by atoms with Crippen LogP contribution in [0.25, 0.3) is 0 Å². The van der Waals surface area contributed by atoms with E-state index < -0.39 is 0 Å². The van der Waals surface area contributed by atoms with Crippen molar-refractivity contribution in [2.24, 2.45) is 0 Å². The van der Waals surface area contributed by atoms with E-state index in [9.17, 15) is 4.79 Å². The molecule has 140 valence electrons. The highest BCUT2D eigenvalue weighted by atomic mass is 16.5. The van der Waals surface area contributed by atoms with Crippen molar-refractivity contribution in [1.29, 1.82) is 0 Å². The van der Waals surface area contributed by atoms with Gasteiger partial charge in [0.15, 0.2) is 0 Å². The maximum Gasteiger partial charge on any atom is 0.319 e. The number of amides is 2. The van der Waals surface area contributed by atoms with Crippen LogP contribution in [0.4, 0.5) is 10.5 Å². The molecule has 0 spiro atoms. The minimum atomic E-state index is -0.251. The number of nitrogens with zero attached hydrogens (tertiary/aromatic N) is 1. The minimum Gasteiger partial charge on any atom is -0.494 e. The molecular weight excluding hydrogens is 334 g/mol. The third kappa shape index (κ3) is 5.00. The SMILES string of the molecule is CCOc1ccc(NC(=O)NCC(c2ccco2)N2CCOCC2)cc1. The Kier molecular flexibility index (Phi) is 6.51. The molecule has 1 unspecified atom stereocenters. The van der Waals surface area contributed by atoms with Crippen LogP contribution in [0.5, 0.6) is 5.75 Å². The van der Waals surface area contributed by atoms with Gasteiger partial charge in [-0.15, -0.1) is 0 Å². The quantitative estimate of drug-likeness (QED) is 0.795. The lowest BCUT2D eigenvalue weighted by molar-refractivity contribution is 0.0124. The summed E-state index contributed by atoms with van der Waals surface area (Å²) < 4.78 is 16.4. The van der Waals surface area contributed by atoms with Crippen molar-refractivity contribution in [2.45, 2.75) is 13.0 Å². The first-order valence-electron chi connectivity index (χ1n) is 8.89. The van der Waals surface area contributed by atoms with Crippen molar-refractivity contribution < 1.29 is 18.7 Å². The number of carbonyl (C=O) groups is 1. The van der Waals surface area contributed by atoms with Gasteiger partial charge in [-0.1, -0.05) is 0 Å². The number of urea groups is 1. The van der Waals surface area contributed by atoms with Gasteiger partial charge in [-0.05, 0) is 43.3 Å². The molecule has 0 aliphatic carbocycles. The number of rotatable bonds is 7. The van der Waals surface area contributed by atoms with Crippen LogP contribution in [0.3, 0.4) is 0 Å². The number of hydrogen-bond donors (Lipinski definition) is 2. The van der Waals surface area contributed by atoms with E-state index in [4.69, 9.17) is 13.9 Å². The van der Waals surface area contributed by atoms with E-state index in [-0.39, 0.29) is 12.1 Å². The van der Waals surface area contributed by atoms with Crippen molar-refractivity contribution >= 4 is 11.7 Å². The molecule has 2 amide bonds. The van der Waals surface area contributed by atoms with E-state index in [0.717, 1.165) is 24.6 Å². The second kappa shape index (κ2) is 9.26. The van der Waals surface area contributed by atoms with Crippen molar-refractivity contribution in [3.05, 3.63) is 48.4 Å². The molecule has 1 aromatic carbocycles. The Morgan fingerprint density at radius 1 is 1.23 bits per heavy atom. The van der Waals surface area contributed by atoms with E-state index in [0.29, 0.717) is 32.1 Å². The summed E-state index contributed by atoms with van der Waals surface area (Å²) in [5, 5.41) is 5.77. The lowest BCUT2D eigenvalue weighted by Crippen LogP contribution is -2.44. The Bertz CT molecular complexity index is 667. The topological polar surface area (TPSA) is 76.0 Å². The fraction of sp³-hybridized carbons (Fsp3) is 0.421. The number of carbonyl (C=O) groups excluding carboxylic acids is 1. The zero-order chi connectivity index (χ0) is 18.2. The second-order valence-electron chi connectivity index (χ2n) is 5.97. The van der Waals surface area contributed by atoms with Gasteiger partial charge >= 0.3 is 6.03 Å². The highest BCUT2D eigenvalue weighted by Crippen LogP contribution is 2.22. The van der Waals surface area contributed by atoms with Crippen LogP contribution in [0.2, 0.25) is 0 Å². The average molecular weight is 359 g/mol. The number of anilines is 1. The van der Waals surface area contributed by atoms with E-state index in [1.54, 1.807) is 6.26 Å². The predicted octanol–water partition coefficient (Wildman–Crippen LogP) is 2.87. The molecule has 2 heterocycles. The van der Waals surface area contributed by atoms with Crippen LogP contribution in [0.1, 0.15) is 18.7 Å². The molecule has 0 saturated carbocycles. The molecule has 1 aliphatic rings. The molecule has 1 saturated heterocycles. The molecule has 26 heavy (non-hydrogen) atoms. The number of furan rings is 1. The van der Waals surface area contributed by atoms with Crippen LogP contribution < -0.4 is 15.4 Å². The van der Waals surface area contributed by atoms with E-state index in [2.05, 4.69) is 15.5 Å². The number of nitrogens with one attached hydrogen (secondary N) is 2. The molecule has 7 nitrogen and oxygen atoms in total. The molecule has 1 aromatic heterocycles. The fourth-order valence-electron chi connectivity index (χ4n) is 2.95. The summed E-state index contributed by atoms with van der Waals surface area (Å²) in [6.07, 6.45) is 1.66. The van der Waals surface area contributed by atoms with Gasteiger partial charge < -0.3 is 24.5 Å². The van der Waals surface area contributed by atoms with Gasteiger partial charge in [0.1, 0.15) is 11.5 Å². The first-order valence-corrected chi connectivity index (χ1v) is 8.89. The van der Waals surface area contributed by atoms with Crippen LogP contribution in [0.15, 0.2) is 47.1 Å². The first-order chi connectivity index (χ1) is 12.8. The molecule has 0 radical (unpaired) electrons. The normalized spacial score (nSPS) is 16.0. The summed E-state index contributed by atoms with van der Waals surface area (Å²) in [5.41, 5.74) is 0.715. The third-order valence-corrected chi connectivity index (χ3v) is 4.24. The van der Waals surface area contributed by atoms with Gasteiger partial charge in [0.2, 0.25) is 0 Å². The molecule has 1 atom stereocenters. The van der Waals surface area contributed by atoms with Crippen molar-refractivity contribution in [1.82, 2.24) is 10.2 Å². The summed E-state index contributed by atoms with van der Waals surface area (Å²) in [7, 11) is 0. The summed E-state index contributed by atoms with van der Waals surface area (Å²) in [4.78, 5) is 14.5. The Labute approximate surface area is 153 Å². The lowest BCUT2D eigenvalue weighted by Gasteiger charge is -2.33. The summed E-state index contributed by atoms with van der Waals surface area (Å²) in [5.74, 6) is 1.62. The van der Waals surface area contributed by atoms with Crippen LogP contribution >= 0.6 is 0 Å². The Hall–Kier alpha value is -2.51. The Morgan fingerprint density at radius 3 is 2.65 bits per heavy atom. The highest BCUT2D eigenvalue weighted by molar-refractivity contribution is 5.89. The largest absolute Gasteiger partial charge is 0.494 e. The fourth-order valence-corrected chi connectivity index (χ4v) is 2.95. The monoisotopic (exact) mass is 359 g/mol. The second-order valence-corrected chi connectivity index (χ2v) is 5.97. The van der Waals surface area contributed by atoms with Gasteiger partial charge in [-0.3, -0.25) is 4.90 Å². The van der Waals surface area contributed by atoms with Gasteiger partial charge in [0.05, 0.1) is 32.1 Å². The zero-order valence-corrected chi connectivity index (χ0v) is 14.9. The molecule has 2 N–H and O–H groups in total. The van der Waals surface area contributed by atoms with Crippen molar-refractivity contribution in [2.75, 3.05) is 44.8 Å². The van der Waals surface area contributed by atoms with Crippen LogP contribution in [0, 0.1) is 0 Å². The summed E-state index contributed by atoms with van der Waals surface area (Å²) >= 11 is 0. The molecule has 3 rings (SSSR count). The summed E-state index contributed by atoms with van der Waals surface area (Å²) in [6, 6.07) is 10.8. The van der Waals surface area contributed by atoms with Gasteiger partial charge in [0, 0.05) is 25.3 Å². The van der Waals surface area contributed by atoms with Crippen molar-refractivity contribution in [3.8, 4) is 5.75 Å². The predicted molar refractivity (Wildman–Crippen MR) is 98.5 cm³/mol. The Balaban J connectivity index is 1.55. The molecule has 7 heteroatoms. The maximum absolute atomic E-state index is 12.3. The molecule has 0 bridgehead atoms. The lowest BCUT2D eigenvalue weighted by atomic mass is 10.1. The van der Waals surface area contributed by atoms with Gasteiger partial charge in [-0.2, -0.15) is 0 Å². The Morgan fingerprint density at radius 2 is 2.00 bits per heavy atom.